The van der Waals surface area contributed by atoms with Crippen LogP contribution in [-0.2, 0) is 14.3 Å². The Hall–Kier alpha value is -2.24. The summed E-state index contributed by atoms with van der Waals surface area (Å²) in [7, 11) is 1.22. The zero-order valence-electron chi connectivity index (χ0n) is 11.5. The first kappa shape index (κ1) is 15.2. The lowest BCUT2D eigenvalue weighted by Crippen LogP contribution is -2.59. The molecule has 0 spiro atoms. The molecule has 1 aromatic rings. The molecule has 1 aliphatic rings. The third-order valence-electron chi connectivity index (χ3n) is 3.65. The van der Waals surface area contributed by atoms with Gasteiger partial charge in [0.25, 0.3) is 0 Å². The third kappa shape index (κ3) is 2.30. The fourth-order valence-electron chi connectivity index (χ4n) is 2.49. The Kier molecular flexibility index (Phi) is 4.06. The second kappa shape index (κ2) is 5.63. The Labute approximate surface area is 122 Å². The highest BCUT2D eigenvalue weighted by Gasteiger charge is 2.55. The predicted octanol–water partition coefficient (Wildman–Crippen LogP) is 0.730. The van der Waals surface area contributed by atoms with E-state index < -0.39 is 29.2 Å². The fraction of sp³-hybridized carbons (Fsp3) is 0.250. The Bertz CT molecular complexity index is 604. The molecule has 110 valence electrons. The van der Waals surface area contributed by atoms with Crippen LogP contribution in [0.15, 0.2) is 54.8 Å². The minimum absolute atomic E-state index is 0.270. The quantitative estimate of drug-likeness (QED) is 0.798. The number of methoxy groups -OCH3 is 1. The van der Waals surface area contributed by atoms with Crippen molar-refractivity contribution in [3.8, 4) is 0 Å². The second-order valence-electron chi connectivity index (χ2n) is 4.79. The van der Waals surface area contributed by atoms with Crippen molar-refractivity contribution in [2.75, 3.05) is 7.11 Å². The summed E-state index contributed by atoms with van der Waals surface area (Å²) in [6.45, 7) is 3.60. The summed E-state index contributed by atoms with van der Waals surface area (Å²) in [5.41, 5.74) is -1.72. The lowest BCUT2D eigenvalue weighted by atomic mass is 9.71. The van der Waals surface area contributed by atoms with Crippen molar-refractivity contribution in [3.63, 3.8) is 0 Å². The molecule has 0 heterocycles. The van der Waals surface area contributed by atoms with Gasteiger partial charge in [-0.25, -0.2) is 0 Å². The number of ketones is 2. The number of aliphatic hydroxyl groups excluding tert-OH is 1. The smallest absolute Gasteiger partial charge is 0.229 e. The van der Waals surface area contributed by atoms with E-state index in [9.17, 15) is 19.8 Å². The van der Waals surface area contributed by atoms with Crippen LogP contribution in [0.2, 0.25) is 0 Å². The SMILES string of the molecule is C=C[C@H](c1ccccc1)[C@]1(O)C(=O)C=C(OC)C(=O)[C@H]1O. The number of hydrogen-bond acceptors (Lipinski definition) is 5. The van der Waals surface area contributed by atoms with Gasteiger partial charge in [0.1, 0.15) is 0 Å². The van der Waals surface area contributed by atoms with Gasteiger partial charge in [-0.1, -0.05) is 36.4 Å². The minimum Gasteiger partial charge on any atom is -0.493 e. The minimum atomic E-state index is -2.29. The van der Waals surface area contributed by atoms with Crippen LogP contribution < -0.4 is 0 Å². The molecule has 1 aromatic carbocycles. The molecule has 0 fully saturated rings. The Morgan fingerprint density at radius 1 is 1.33 bits per heavy atom. The van der Waals surface area contributed by atoms with E-state index in [0.717, 1.165) is 6.08 Å². The number of aliphatic hydroxyl groups is 2. The first-order valence-corrected chi connectivity index (χ1v) is 6.39. The summed E-state index contributed by atoms with van der Waals surface area (Å²) in [6.07, 6.45) is 0.345. The van der Waals surface area contributed by atoms with E-state index in [0.29, 0.717) is 5.56 Å². The molecule has 0 bridgehead atoms. The maximum absolute atomic E-state index is 12.2. The number of benzene rings is 1. The normalized spacial score (nSPS) is 27.0. The van der Waals surface area contributed by atoms with E-state index in [1.54, 1.807) is 30.3 Å². The molecule has 0 saturated heterocycles. The molecule has 0 amide bonds. The molecule has 0 aromatic heterocycles. The van der Waals surface area contributed by atoms with Gasteiger partial charge < -0.3 is 14.9 Å². The first-order valence-electron chi connectivity index (χ1n) is 6.39. The van der Waals surface area contributed by atoms with Crippen LogP contribution >= 0.6 is 0 Å². The highest BCUT2D eigenvalue weighted by molar-refractivity contribution is 6.14. The molecule has 21 heavy (non-hydrogen) atoms. The average molecular weight is 288 g/mol. The maximum atomic E-state index is 12.2. The van der Waals surface area contributed by atoms with Crippen molar-refractivity contribution in [1.82, 2.24) is 0 Å². The Morgan fingerprint density at radius 3 is 2.48 bits per heavy atom. The van der Waals surface area contributed by atoms with Crippen LogP contribution in [0.25, 0.3) is 0 Å². The van der Waals surface area contributed by atoms with Gasteiger partial charge in [-0.05, 0) is 5.56 Å². The van der Waals surface area contributed by atoms with Crippen molar-refractivity contribution in [2.45, 2.75) is 17.6 Å². The highest BCUT2D eigenvalue weighted by atomic mass is 16.5. The van der Waals surface area contributed by atoms with Crippen LogP contribution in [0.4, 0.5) is 0 Å². The van der Waals surface area contributed by atoms with Crippen molar-refractivity contribution in [2.24, 2.45) is 0 Å². The summed E-state index contributed by atoms with van der Waals surface area (Å²) in [6, 6.07) is 8.61. The van der Waals surface area contributed by atoms with Crippen molar-refractivity contribution in [3.05, 3.63) is 60.4 Å². The van der Waals surface area contributed by atoms with Gasteiger partial charge in [0.05, 0.1) is 7.11 Å². The monoisotopic (exact) mass is 288 g/mol. The summed E-state index contributed by atoms with van der Waals surface area (Å²) < 4.78 is 4.75. The molecule has 5 nitrogen and oxygen atoms in total. The van der Waals surface area contributed by atoms with Gasteiger partial charge >= 0.3 is 0 Å². The average Bonchev–Trinajstić information content (AvgIpc) is 2.51. The van der Waals surface area contributed by atoms with E-state index in [1.807, 2.05) is 0 Å². The van der Waals surface area contributed by atoms with Crippen molar-refractivity contribution < 1.29 is 24.5 Å². The summed E-state index contributed by atoms with van der Waals surface area (Å²) in [4.78, 5) is 24.2. The van der Waals surface area contributed by atoms with E-state index in [4.69, 9.17) is 4.74 Å². The molecular weight excluding hydrogens is 272 g/mol. The zero-order valence-corrected chi connectivity index (χ0v) is 11.5. The zero-order chi connectivity index (χ0) is 15.6. The molecule has 0 saturated carbocycles. The van der Waals surface area contributed by atoms with Crippen LogP contribution in [0.1, 0.15) is 11.5 Å². The first-order chi connectivity index (χ1) is 9.96. The Morgan fingerprint density at radius 2 is 1.95 bits per heavy atom. The lowest BCUT2D eigenvalue weighted by molar-refractivity contribution is -0.160. The summed E-state index contributed by atoms with van der Waals surface area (Å²) >= 11 is 0. The Balaban J connectivity index is 2.54. The van der Waals surface area contributed by atoms with Crippen LogP contribution in [0.3, 0.4) is 0 Å². The third-order valence-corrected chi connectivity index (χ3v) is 3.65. The van der Waals surface area contributed by atoms with Gasteiger partial charge in [-0.2, -0.15) is 0 Å². The number of ether oxygens (including phenoxy) is 1. The largest absolute Gasteiger partial charge is 0.493 e. The highest BCUT2D eigenvalue weighted by Crippen LogP contribution is 2.37. The summed E-state index contributed by atoms with van der Waals surface area (Å²) in [5.74, 6) is -2.81. The second-order valence-corrected chi connectivity index (χ2v) is 4.79. The molecular formula is C16H16O5. The molecule has 5 heteroatoms. The van der Waals surface area contributed by atoms with Crippen LogP contribution in [-0.4, -0.2) is 40.6 Å². The van der Waals surface area contributed by atoms with E-state index in [2.05, 4.69) is 6.58 Å². The maximum Gasteiger partial charge on any atom is 0.229 e. The number of hydrogen-bond donors (Lipinski definition) is 2. The van der Waals surface area contributed by atoms with Crippen LogP contribution in [0.5, 0.6) is 0 Å². The molecule has 0 unspecified atom stereocenters. The summed E-state index contributed by atoms with van der Waals surface area (Å²) in [5, 5.41) is 20.9. The molecule has 0 radical (unpaired) electrons. The lowest BCUT2D eigenvalue weighted by Gasteiger charge is -2.38. The van der Waals surface area contributed by atoms with Crippen molar-refractivity contribution >= 4 is 11.6 Å². The van der Waals surface area contributed by atoms with Gasteiger partial charge in [-0.15, -0.1) is 6.58 Å². The van der Waals surface area contributed by atoms with E-state index >= 15 is 0 Å². The fourth-order valence-corrected chi connectivity index (χ4v) is 2.49. The number of rotatable bonds is 4. The topological polar surface area (TPSA) is 83.8 Å². The van der Waals surface area contributed by atoms with Gasteiger partial charge in [0, 0.05) is 12.0 Å². The molecule has 1 aliphatic carbocycles. The molecule has 0 aliphatic heterocycles. The van der Waals surface area contributed by atoms with Crippen molar-refractivity contribution in [1.29, 1.82) is 0 Å². The van der Waals surface area contributed by atoms with Gasteiger partial charge in [0.2, 0.25) is 5.78 Å². The van der Waals surface area contributed by atoms with E-state index in [1.165, 1.54) is 13.2 Å². The molecule has 3 atom stereocenters. The predicted molar refractivity (Wildman–Crippen MR) is 75.4 cm³/mol. The molecule has 2 rings (SSSR count). The van der Waals surface area contributed by atoms with Gasteiger partial charge in [-0.3, -0.25) is 9.59 Å². The molecule has 2 N–H and O–H groups in total. The number of carbonyl (C=O) groups is 2. The number of carbonyl (C=O) groups excluding carboxylic acids is 2. The van der Waals surface area contributed by atoms with Crippen LogP contribution in [0, 0.1) is 0 Å². The standard InChI is InChI=1S/C16H16O5/c1-3-11(10-7-5-4-6-8-10)16(20)13(17)9-12(21-2)14(18)15(16)19/h3-9,11,15,19-20H,1H2,2H3/t11-,15-,16+/m1/s1. The number of Topliss-reactive ketones (excluding diaryl/α,β-unsaturated/α-hetero) is 1. The van der Waals surface area contributed by atoms with E-state index in [-0.39, 0.29) is 5.76 Å². The van der Waals surface area contributed by atoms with Gasteiger partial charge in [0.15, 0.2) is 23.2 Å².